The molecule has 2 heterocycles. The van der Waals surface area contributed by atoms with Gasteiger partial charge >= 0.3 is 5.69 Å². The molecule has 2 aromatic carbocycles. The first-order valence-corrected chi connectivity index (χ1v) is 10.7. The second kappa shape index (κ2) is 8.41. The zero-order valence-corrected chi connectivity index (χ0v) is 18.0. The van der Waals surface area contributed by atoms with Crippen LogP contribution in [-0.2, 0) is 17.8 Å². The Hall–Kier alpha value is -3.36. The van der Waals surface area contributed by atoms with Crippen molar-refractivity contribution in [3.05, 3.63) is 85.3 Å². The number of phenolic OH excluding ortho intramolecular Hbond substituents is 1. The van der Waals surface area contributed by atoms with E-state index in [2.05, 4.69) is 5.32 Å². The standard InChI is InChI=1S/C22H18ClN3O4S/c1-2-17-11-18-20(29)26(15-7-3-5-13(23)9-15)22(30)25(21(18)31-17)12-19(28)24-14-6-4-8-16(27)10-14/h3-11,27H,2,12H2,1H3,(H,24,28). The van der Waals surface area contributed by atoms with E-state index in [1.165, 1.54) is 34.1 Å². The summed E-state index contributed by atoms with van der Waals surface area (Å²) in [5, 5.41) is 13.0. The van der Waals surface area contributed by atoms with Gasteiger partial charge in [0.15, 0.2) is 0 Å². The van der Waals surface area contributed by atoms with Crippen LogP contribution >= 0.6 is 22.9 Å². The van der Waals surface area contributed by atoms with Crippen LogP contribution in [0.5, 0.6) is 5.75 Å². The van der Waals surface area contributed by atoms with Crippen molar-refractivity contribution >= 4 is 44.7 Å². The predicted octanol–water partition coefficient (Wildman–Crippen LogP) is 3.77. The molecule has 1 amide bonds. The quantitative estimate of drug-likeness (QED) is 0.479. The van der Waals surface area contributed by atoms with Crippen molar-refractivity contribution in [1.29, 1.82) is 0 Å². The van der Waals surface area contributed by atoms with E-state index in [0.717, 1.165) is 9.44 Å². The van der Waals surface area contributed by atoms with E-state index in [1.807, 2.05) is 6.92 Å². The number of nitrogens with zero attached hydrogens (tertiary/aromatic N) is 2. The summed E-state index contributed by atoms with van der Waals surface area (Å²) in [4.78, 5) is 40.5. The van der Waals surface area contributed by atoms with Crippen molar-refractivity contribution < 1.29 is 9.90 Å². The number of phenols is 1. The first-order chi connectivity index (χ1) is 14.9. The Bertz CT molecular complexity index is 1420. The number of carbonyl (C=O) groups excluding carboxylic acids is 1. The van der Waals surface area contributed by atoms with E-state index in [0.29, 0.717) is 33.0 Å². The van der Waals surface area contributed by atoms with Crippen LogP contribution in [0.1, 0.15) is 11.8 Å². The zero-order valence-electron chi connectivity index (χ0n) is 16.5. The van der Waals surface area contributed by atoms with Crippen molar-refractivity contribution in [2.24, 2.45) is 0 Å². The van der Waals surface area contributed by atoms with Crippen LogP contribution < -0.4 is 16.6 Å². The van der Waals surface area contributed by atoms with Gasteiger partial charge in [0.05, 0.1) is 11.1 Å². The fraction of sp³-hybridized carbons (Fsp3) is 0.136. The van der Waals surface area contributed by atoms with Crippen molar-refractivity contribution in [2.45, 2.75) is 19.9 Å². The van der Waals surface area contributed by atoms with Gasteiger partial charge in [-0.3, -0.25) is 14.2 Å². The summed E-state index contributed by atoms with van der Waals surface area (Å²) in [6.45, 7) is 1.66. The third kappa shape index (κ3) is 4.12. The molecule has 0 radical (unpaired) electrons. The van der Waals surface area contributed by atoms with Gasteiger partial charge in [0, 0.05) is 21.7 Å². The Labute approximate surface area is 185 Å². The highest BCUT2D eigenvalue weighted by molar-refractivity contribution is 7.18. The fourth-order valence-electron chi connectivity index (χ4n) is 3.28. The Morgan fingerprint density at radius 3 is 2.61 bits per heavy atom. The van der Waals surface area contributed by atoms with Crippen LogP contribution in [0, 0.1) is 0 Å². The molecule has 0 spiro atoms. The molecule has 0 aliphatic carbocycles. The normalized spacial score (nSPS) is 11.0. The molecule has 0 aliphatic heterocycles. The largest absolute Gasteiger partial charge is 0.508 e. The molecule has 0 unspecified atom stereocenters. The van der Waals surface area contributed by atoms with E-state index in [4.69, 9.17) is 11.6 Å². The molecule has 0 atom stereocenters. The number of nitrogens with one attached hydrogen (secondary N) is 1. The third-order valence-electron chi connectivity index (χ3n) is 4.71. The molecule has 0 bridgehead atoms. The topological polar surface area (TPSA) is 93.3 Å². The number of aromatic hydroxyl groups is 1. The number of hydrogen-bond donors (Lipinski definition) is 2. The molecule has 0 fully saturated rings. The molecule has 0 saturated heterocycles. The zero-order chi connectivity index (χ0) is 22.1. The number of aromatic nitrogens is 2. The lowest BCUT2D eigenvalue weighted by atomic mass is 10.3. The summed E-state index contributed by atoms with van der Waals surface area (Å²) in [5.74, 6) is -0.450. The molecule has 9 heteroatoms. The lowest BCUT2D eigenvalue weighted by Crippen LogP contribution is -2.40. The first-order valence-electron chi connectivity index (χ1n) is 9.50. The number of rotatable bonds is 5. The number of anilines is 1. The van der Waals surface area contributed by atoms with E-state index in [9.17, 15) is 19.5 Å². The van der Waals surface area contributed by atoms with Gasteiger partial charge in [-0.05, 0) is 42.8 Å². The number of aryl methyl sites for hydroxylation is 1. The van der Waals surface area contributed by atoms with Gasteiger partial charge in [0.2, 0.25) is 5.91 Å². The van der Waals surface area contributed by atoms with Gasteiger partial charge in [0.25, 0.3) is 5.56 Å². The van der Waals surface area contributed by atoms with Crippen LogP contribution in [-0.4, -0.2) is 20.1 Å². The van der Waals surface area contributed by atoms with Gasteiger partial charge < -0.3 is 10.4 Å². The minimum Gasteiger partial charge on any atom is -0.508 e. The summed E-state index contributed by atoms with van der Waals surface area (Å²) in [7, 11) is 0. The number of halogens is 1. The number of amides is 1. The smallest absolute Gasteiger partial charge is 0.337 e. The number of fused-ring (bicyclic) bond motifs is 1. The molecule has 4 aromatic rings. The fourth-order valence-corrected chi connectivity index (χ4v) is 4.55. The van der Waals surface area contributed by atoms with Crippen LogP contribution in [0.25, 0.3) is 15.9 Å². The maximum absolute atomic E-state index is 13.3. The van der Waals surface area contributed by atoms with Crippen LogP contribution in [0.2, 0.25) is 5.02 Å². The maximum Gasteiger partial charge on any atom is 0.337 e. The molecule has 158 valence electrons. The lowest BCUT2D eigenvalue weighted by molar-refractivity contribution is -0.116. The molecule has 0 saturated carbocycles. The Kier molecular flexibility index (Phi) is 5.67. The number of thiophene rings is 1. The summed E-state index contributed by atoms with van der Waals surface area (Å²) >= 11 is 7.38. The van der Waals surface area contributed by atoms with E-state index >= 15 is 0 Å². The predicted molar refractivity (Wildman–Crippen MR) is 123 cm³/mol. The minimum atomic E-state index is -0.629. The highest BCUT2D eigenvalue weighted by Crippen LogP contribution is 2.24. The first kappa shape index (κ1) is 20.9. The number of carbonyl (C=O) groups is 1. The SMILES string of the molecule is CCc1cc2c(=O)n(-c3cccc(Cl)c3)c(=O)n(CC(=O)Nc3cccc(O)c3)c2s1. The lowest BCUT2D eigenvalue weighted by Gasteiger charge is -2.12. The van der Waals surface area contributed by atoms with Crippen molar-refractivity contribution in [3.63, 3.8) is 0 Å². The number of benzene rings is 2. The third-order valence-corrected chi connectivity index (χ3v) is 6.25. The van der Waals surface area contributed by atoms with Gasteiger partial charge in [-0.25, -0.2) is 9.36 Å². The molecule has 0 aliphatic rings. The van der Waals surface area contributed by atoms with Crippen molar-refractivity contribution in [1.82, 2.24) is 9.13 Å². The highest BCUT2D eigenvalue weighted by Gasteiger charge is 2.19. The van der Waals surface area contributed by atoms with E-state index < -0.39 is 17.2 Å². The molecule has 31 heavy (non-hydrogen) atoms. The van der Waals surface area contributed by atoms with E-state index in [-0.39, 0.29) is 12.3 Å². The molecule has 7 nitrogen and oxygen atoms in total. The average molecular weight is 456 g/mol. The van der Waals surface area contributed by atoms with Gasteiger partial charge in [0.1, 0.15) is 17.1 Å². The van der Waals surface area contributed by atoms with Gasteiger partial charge in [-0.2, -0.15) is 0 Å². The van der Waals surface area contributed by atoms with Gasteiger partial charge in [-0.15, -0.1) is 11.3 Å². The summed E-state index contributed by atoms with van der Waals surface area (Å²) in [6, 6.07) is 14.3. The van der Waals surface area contributed by atoms with Crippen LogP contribution in [0.4, 0.5) is 5.69 Å². The molecular weight excluding hydrogens is 438 g/mol. The summed E-state index contributed by atoms with van der Waals surface area (Å²) < 4.78 is 2.32. The van der Waals surface area contributed by atoms with Crippen LogP contribution in [0.15, 0.2) is 64.2 Å². The Morgan fingerprint density at radius 2 is 1.90 bits per heavy atom. The summed E-state index contributed by atoms with van der Waals surface area (Å²) in [5.41, 5.74) is -0.355. The number of hydrogen-bond acceptors (Lipinski definition) is 5. The molecule has 2 N–H and O–H groups in total. The Balaban J connectivity index is 1.85. The monoisotopic (exact) mass is 455 g/mol. The summed E-state index contributed by atoms with van der Waals surface area (Å²) in [6.07, 6.45) is 0.694. The second-order valence-electron chi connectivity index (χ2n) is 6.87. The minimum absolute atomic E-state index is 0.0118. The van der Waals surface area contributed by atoms with Crippen molar-refractivity contribution in [3.8, 4) is 11.4 Å². The van der Waals surface area contributed by atoms with Crippen LogP contribution in [0.3, 0.4) is 0 Å². The van der Waals surface area contributed by atoms with Crippen molar-refractivity contribution in [2.75, 3.05) is 5.32 Å². The molecular formula is C22H18ClN3O4S. The second-order valence-corrected chi connectivity index (χ2v) is 8.42. The molecule has 2 aromatic heterocycles. The highest BCUT2D eigenvalue weighted by atomic mass is 35.5. The molecule has 4 rings (SSSR count). The Morgan fingerprint density at radius 1 is 1.13 bits per heavy atom. The van der Waals surface area contributed by atoms with E-state index in [1.54, 1.807) is 36.4 Å². The maximum atomic E-state index is 13.3. The average Bonchev–Trinajstić information content (AvgIpc) is 3.16. The van der Waals surface area contributed by atoms with Gasteiger partial charge in [-0.1, -0.05) is 30.7 Å².